The molecular formula is C15H25NO2S. The Kier molecular flexibility index (Phi) is 5.31. The Balaban J connectivity index is 2.10. The third-order valence-corrected chi connectivity index (χ3v) is 5.30. The van der Waals surface area contributed by atoms with Gasteiger partial charge in [0.05, 0.1) is 0 Å². The van der Waals surface area contributed by atoms with E-state index in [1.165, 1.54) is 25.7 Å². The van der Waals surface area contributed by atoms with Gasteiger partial charge in [-0.05, 0) is 36.9 Å². The van der Waals surface area contributed by atoms with E-state index in [2.05, 4.69) is 12.6 Å². The average molecular weight is 283 g/mol. The van der Waals surface area contributed by atoms with Gasteiger partial charge in [0, 0.05) is 19.4 Å². The molecule has 2 amide bonds. The molecule has 3 nitrogen and oxygen atoms in total. The highest BCUT2D eigenvalue weighted by atomic mass is 32.1. The number of hydrogen-bond donors (Lipinski definition) is 1. The number of nitrogens with zero attached hydrogens (tertiary/aromatic N) is 1. The first-order chi connectivity index (χ1) is 9.17. The SMILES string of the molecule is O=C1CCCCC(=O)N1CC1(CS)CCCCCC1. The smallest absolute Gasteiger partial charge is 0.229 e. The van der Waals surface area contributed by atoms with Crippen LogP contribution in [0.4, 0.5) is 0 Å². The summed E-state index contributed by atoms with van der Waals surface area (Å²) in [6.07, 6.45) is 9.95. The number of hydrogen-bond acceptors (Lipinski definition) is 3. The number of amides is 2. The standard InChI is InChI=1S/C15H25NO2S/c17-13-7-3-4-8-14(18)16(13)11-15(12-19)9-5-1-2-6-10-15/h19H,1-12H2. The lowest BCUT2D eigenvalue weighted by molar-refractivity contribution is -0.145. The predicted octanol–water partition coefficient (Wildman–Crippen LogP) is 3.19. The molecule has 2 fully saturated rings. The fourth-order valence-corrected chi connectivity index (χ4v) is 3.73. The van der Waals surface area contributed by atoms with Crippen LogP contribution >= 0.6 is 12.6 Å². The minimum absolute atomic E-state index is 0.0351. The second-order valence-corrected chi connectivity index (χ2v) is 6.47. The Hall–Kier alpha value is -0.510. The molecule has 4 heteroatoms. The number of carbonyl (C=O) groups is 2. The summed E-state index contributed by atoms with van der Waals surface area (Å²) in [6, 6.07) is 0. The molecule has 1 saturated heterocycles. The van der Waals surface area contributed by atoms with Crippen LogP contribution in [-0.2, 0) is 9.59 Å². The van der Waals surface area contributed by atoms with Crippen molar-refractivity contribution in [1.29, 1.82) is 0 Å². The second kappa shape index (κ2) is 6.78. The summed E-state index contributed by atoms with van der Waals surface area (Å²) in [6.45, 7) is 0.605. The van der Waals surface area contributed by atoms with Crippen LogP contribution in [0.1, 0.15) is 64.2 Å². The van der Waals surface area contributed by atoms with Crippen molar-refractivity contribution in [3.05, 3.63) is 0 Å². The van der Waals surface area contributed by atoms with E-state index in [0.717, 1.165) is 31.4 Å². The van der Waals surface area contributed by atoms with Gasteiger partial charge in [0.25, 0.3) is 0 Å². The number of rotatable bonds is 3. The van der Waals surface area contributed by atoms with E-state index < -0.39 is 0 Å². The van der Waals surface area contributed by atoms with Crippen LogP contribution in [0.15, 0.2) is 0 Å². The van der Waals surface area contributed by atoms with Crippen molar-refractivity contribution < 1.29 is 9.59 Å². The van der Waals surface area contributed by atoms with E-state index in [-0.39, 0.29) is 17.2 Å². The minimum Gasteiger partial charge on any atom is -0.282 e. The van der Waals surface area contributed by atoms with Gasteiger partial charge in [0.15, 0.2) is 0 Å². The van der Waals surface area contributed by atoms with Crippen molar-refractivity contribution in [2.45, 2.75) is 64.2 Å². The third-order valence-electron chi connectivity index (χ3n) is 4.63. The molecule has 0 aromatic rings. The lowest BCUT2D eigenvalue weighted by atomic mass is 9.81. The van der Waals surface area contributed by atoms with Gasteiger partial charge in [-0.1, -0.05) is 25.7 Å². The number of carbonyl (C=O) groups excluding carboxylic acids is 2. The molecule has 0 aromatic carbocycles. The molecule has 0 atom stereocenters. The molecule has 108 valence electrons. The van der Waals surface area contributed by atoms with Crippen molar-refractivity contribution in [3.8, 4) is 0 Å². The average Bonchev–Trinajstić information content (AvgIpc) is 2.73. The highest BCUT2D eigenvalue weighted by molar-refractivity contribution is 7.80. The maximum atomic E-state index is 12.1. The first kappa shape index (κ1) is 14.9. The molecule has 1 aliphatic heterocycles. The molecule has 1 heterocycles. The van der Waals surface area contributed by atoms with Gasteiger partial charge in [-0.2, -0.15) is 12.6 Å². The number of imide groups is 1. The van der Waals surface area contributed by atoms with Crippen LogP contribution in [0.2, 0.25) is 0 Å². The molecule has 0 spiro atoms. The van der Waals surface area contributed by atoms with Gasteiger partial charge >= 0.3 is 0 Å². The lowest BCUT2D eigenvalue weighted by Crippen LogP contribution is -2.44. The van der Waals surface area contributed by atoms with Gasteiger partial charge in [-0.25, -0.2) is 0 Å². The third kappa shape index (κ3) is 3.74. The Bertz CT molecular complexity index is 317. The topological polar surface area (TPSA) is 37.4 Å². The summed E-state index contributed by atoms with van der Waals surface area (Å²) >= 11 is 4.53. The molecule has 2 rings (SSSR count). The minimum atomic E-state index is 0.0351. The highest BCUT2D eigenvalue weighted by Crippen LogP contribution is 2.37. The van der Waals surface area contributed by atoms with E-state index in [1.807, 2.05) is 0 Å². The molecule has 2 aliphatic rings. The van der Waals surface area contributed by atoms with E-state index >= 15 is 0 Å². The second-order valence-electron chi connectivity index (χ2n) is 6.15. The van der Waals surface area contributed by atoms with E-state index in [4.69, 9.17) is 0 Å². The van der Waals surface area contributed by atoms with E-state index in [9.17, 15) is 9.59 Å². The Morgan fingerprint density at radius 2 is 1.42 bits per heavy atom. The van der Waals surface area contributed by atoms with E-state index in [0.29, 0.717) is 19.4 Å². The van der Waals surface area contributed by atoms with Crippen molar-refractivity contribution in [1.82, 2.24) is 4.90 Å². The zero-order chi connectivity index (χ0) is 13.7. The molecular weight excluding hydrogens is 258 g/mol. The van der Waals surface area contributed by atoms with Crippen LogP contribution in [0.3, 0.4) is 0 Å². The van der Waals surface area contributed by atoms with Crippen LogP contribution in [0.5, 0.6) is 0 Å². The summed E-state index contributed by atoms with van der Waals surface area (Å²) in [5.74, 6) is 0.852. The van der Waals surface area contributed by atoms with Crippen molar-refractivity contribution in [2.75, 3.05) is 12.3 Å². The molecule has 19 heavy (non-hydrogen) atoms. The molecule has 0 N–H and O–H groups in total. The maximum Gasteiger partial charge on any atom is 0.229 e. The Morgan fingerprint density at radius 1 is 0.895 bits per heavy atom. The summed E-state index contributed by atoms with van der Waals surface area (Å²) in [4.78, 5) is 25.8. The molecule has 0 bridgehead atoms. The first-order valence-corrected chi connectivity index (χ1v) is 8.24. The van der Waals surface area contributed by atoms with Crippen molar-refractivity contribution >= 4 is 24.4 Å². The van der Waals surface area contributed by atoms with Gasteiger partial charge in [0.1, 0.15) is 0 Å². The zero-order valence-corrected chi connectivity index (χ0v) is 12.6. The summed E-state index contributed by atoms with van der Waals surface area (Å²) in [5.41, 5.74) is 0.0648. The lowest BCUT2D eigenvalue weighted by Gasteiger charge is -2.35. The van der Waals surface area contributed by atoms with Gasteiger partial charge in [-0.15, -0.1) is 0 Å². The summed E-state index contributed by atoms with van der Waals surface area (Å²) in [5, 5.41) is 0. The van der Waals surface area contributed by atoms with E-state index in [1.54, 1.807) is 4.90 Å². The molecule has 0 radical (unpaired) electrons. The summed E-state index contributed by atoms with van der Waals surface area (Å²) < 4.78 is 0. The fraction of sp³-hybridized carbons (Fsp3) is 0.867. The van der Waals surface area contributed by atoms with Crippen LogP contribution < -0.4 is 0 Å². The fourth-order valence-electron chi connectivity index (χ4n) is 3.32. The zero-order valence-electron chi connectivity index (χ0n) is 11.7. The number of likely N-dealkylation sites (tertiary alicyclic amines) is 1. The first-order valence-electron chi connectivity index (χ1n) is 7.61. The largest absolute Gasteiger partial charge is 0.282 e. The molecule has 1 aliphatic carbocycles. The highest BCUT2D eigenvalue weighted by Gasteiger charge is 2.36. The van der Waals surface area contributed by atoms with Gasteiger partial charge in [-0.3, -0.25) is 14.5 Å². The van der Waals surface area contributed by atoms with Crippen LogP contribution in [0.25, 0.3) is 0 Å². The Labute approximate surface area is 121 Å². The molecule has 1 saturated carbocycles. The Morgan fingerprint density at radius 3 is 1.89 bits per heavy atom. The van der Waals surface area contributed by atoms with Crippen LogP contribution in [0, 0.1) is 5.41 Å². The quantitative estimate of drug-likeness (QED) is 0.491. The van der Waals surface area contributed by atoms with Crippen molar-refractivity contribution in [3.63, 3.8) is 0 Å². The van der Waals surface area contributed by atoms with Crippen molar-refractivity contribution in [2.24, 2.45) is 5.41 Å². The number of thiol groups is 1. The summed E-state index contributed by atoms with van der Waals surface area (Å²) in [7, 11) is 0. The normalized spacial score (nSPS) is 25.0. The van der Waals surface area contributed by atoms with Crippen LogP contribution in [-0.4, -0.2) is 29.0 Å². The predicted molar refractivity (Wildman–Crippen MR) is 79.2 cm³/mol. The monoisotopic (exact) mass is 283 g/mol. The molecule has 0 unspecified atom stereocenters. The van der Waals surface area contributed by atoms with Gasteiger partial charge < -0.3 is 0 Å². The molecule has 0 aromatic heterocycles. The maximum absolute atomic E-state index is 12.1. The van der Waals surface area contributed by atoms with Gasteiger partial charge in [0.2, 0.25) is 11.8 Å².